The summed E-state index contributed by atoms with van der Waals surface area (Å²) in [4.78, 5) is 11.1. The largest absolute Gasteiger partial charge is 0.508 e. The molecule has 1 aliphatic rings. The highest BCUT2D eigenvalue weighted by Gasteiger charge is 2.28. The van der Waals surface area contributed by atoms with E-state index in [-0.39, 0.29) is 29.5 Å². The highest BCUT2D eigenvalue weighted by atomic mass is 16.4. The fourth-order valence-corrected chi connectivity index (χ4v) is 2.90. The number of carbonyl (C=O) groups is 1. The summed E-state index contributed by atoms with van der Waals surface area (Å²) in [7, 11) is 0. The molecule has 2 rings (SSSR count). The second kappa shape index (κ2) is 6.13. The fourth-order valence-electron chi connectivity index (χ4n) is 2.90. The van der Waals surface area contributed by atoms with Gasteiger partial charge in [-0.25, -0.2) is 0 Å². The number of nitrogens with one attached hydrogen (secondary N) is 1. The van der Waals surface area contributed by atoms with Gasteiger partial charge in [0.2, 0.25) is 0 Å². The molecule has 3 unspecified atom stereocenters. The van der Waals surface area contributed by atoms with Gasteiger partial charge in [0.1, 0.15) is 11.5 Å². The van der Waals surface area contributed by atoms with Gasteiger partial charge in [0.15, 0.2) is 0 Å². The van der Waals surface area contributed by atoms with Gasteiger partial charge in [-0.15, -0.1) is 0 Å². The number of phenolic OH excluding ortho intramolecular Hbond substituents is 2. The van der Waals surface area contributed by atoms with E-state index in [1.54, 1.807) is 0 Å². The van der Waals surface area contributed by atoms with Crippen LogP contribution < -0.4 is 5.32 Å². The fraction of sp³-hybridized carbons (Fsp3) is 0.533. The van der Waals surface area contributed by atoms with Crippen LogP contribution in [0.3, 0.4) is 0 Å². The van der Waals surface area contributed by atoms with Crippen LogP contribution in [0, 0.1) is 5.92 Å². The zero-order chi connectivity index (χ0) is 14.7. The number of aromatic hydroxyl groups is 2. The molecular weight excluding hydrogens is 258 g/mol. The van der Waals surface area contributed by atoms with E-state index in [2.05, 4.69) is 5.32 Å². The Hall–Kier alpha value is -1.75. The zero-order valence-electron chi connectivity index (χ0n) is 11.5. The number of rotatable bonds is 4. The number of hydrogen-bond donors (Lipinski definition) is 4. The maximum absolute atomic E-state index is 11.1. The Labute approximate surface area is 118 Å². The summed E-state index contributed by atoms with van der Waals surface area (Å²) in [6, 6.07) is 4.42. The van der Waals surface area contributed by atoms with Crippen molar-refractivity contribution in [3.05, 3.63) is 23.8 Å². The van der Waals surface area contributed by atoms with Crippen molar-refractivity contribution < 1.29 is 20.1 Å². The highest BCUT2D eigenvalue weighted by molar-refractivity contribution is 5.70. The van der Waals surface area contributed by atoms with Crippen molar-refractivity contribution in [3.8, 4) is 11.5 Å². The number of aliphatic carboxylic acids is 1. The summed E-state index contributed by atoms with van der Waals surface area (Å²) in [6.45, 7) is 1.90. The summed E-state index contributed by atoms with van der Waals surface area (Å²) in [5.74, 6) is -0.775. The summed E-state index contributed by atoms with van der Waals surface area (Å²) >= 11 is 0. The van der Waals surface area contributed by atoms with Crippen LogP contribution in [0.25, 0.3) is 0 Å². The number of hydrogen-bond acceptors (Lipinski definition) is 4. The third kappa shape index (κ3) is 3.42. The second-order valence-electron chi connectivity index (χ2n) is 5.53. The van der Waals surface area contributed by atoms with Crippen LogP contribution in [0.2, 0.25) is 0 Å². The minimum absolute atomic E-state index is 0.110. The number of carboxylic acids is 1. The molecule has 1 aromatic carbocycles. The molecule has 1 aliphatic carbocycles. The molecule has 4 N–H and O–H groups in total. The SMILES string of the molecule is CC(NC1CCCC(C(=O)O)C1)c1cc(O)ccc1O. The monoisotopic (exact) mass is 279 g/mol. The number of carboxylic acid groups (broad SMARTS) is 1. The van der Waals surface area contributed by atoms with Gasteiger partial charge in [-0.3, -0.25) is 4.79 Å². The summed E-state index contributed by atoms with van der Waals surface area (Å²) in [5.41, 5.74) is 0.627. The van der Waals surface area contributed by atoms with E-state index in [0.29, 0.717) is 12.0 Å². The molecule has 1 saturated carbocycles. The molecule has 0 heterocycles. The highest BCUT2D eigenvalue weighted by Crippen LogP contribution is 2.30. The second-order valence-corrected chi connectivity index (χ2v) is 5.53. The zero-order valence-corrected chi connectivity index (χ0v) is 11.5. The molecule has 5 nitrogen and oxygen atoms in total. The van der Waals surface area contributed by atoms with Gasteiger partial charge in [0, 0.05) is 17.6 Å². The minimum Gasteiger partial charge on any atom is -0.508 e. The van der Waals surface area contributed by atoms with Gasteiger partial charge >= 0.3 is 5.97 Å². The molecule has 0 saturated heterocycles. The summed E-state index contributed by atoms with van der Waals surface area (Å²) in [6.07, 6.45) is 3.18. The lowest BCUT2D eigenvalue weighted by molar-refractivity contribution is -0.143. The molecule has 0 amide bonds. The van der Waals surface area contributed by atoms with Crippen molar-refractivity contribution in [2.75, 3.05) is 0 Å². The van der Waals surface area contributed by atoms with Gasteiger partial charge in [-0.2, -0.15) is 0 Å². The van der Waals surface area contributed by atoms with Crippen molar-refractivity contribution in [3.63, 3.8) is 0 Å². The van der Waals surface area contributed by atoms with Gasteiger partial charge < -0.3 is 20.6 Å². The first-order valence-corrected chi connectivity index (χ1v) is 6.98. The van der Waals surface area contributed by atoms with Crippen molar-refractivity contribution in [2.45, 2.75) is 44.7 Å². The van der Waals surface area contributed by atoms with Crippen molar-refractivity contribution in [2.24, 2.45) is 5.92 Å². The smallest absolute Gasteiger partial charge is 0.306 e. The van der Waals surface area contributed by atoms with Crippen molar-refractivity contribution in [1.29, 1.82) is 0 Å². The minimum atomic E-state index is -0.732. The molecule has 110 valence electrons. The molecule has 0 aromatic heterocycles. The maximum atomic E-state index is 11.1. The topological polar surface area (TPSA) is 89.8 Å². The van der Waals surface area contributed by atoms with E-state index >= 15 is 0 Å². The Kier molecular flexibility index (Phi) is 4.49. The van der Waals surface area contributed by atoms with Crippen LogP contribution in [0.5, 0.6) is 11.5 Å². The third-order valence-corrected chi connectivity index (χ3v) is 3.99. The van der Waals surface area contributed by atoms with Gasteiger partial charge in [-0.1, -0.05) is 6.42 Å². The Morgan fingerprint density at radius 2 is 2.10 bits per heavy atom. The quantitative estimate of drug-likeness (QED) is 0.635. The Balaban J connectivity index is 2.02. The molecule has 0 radical (unpaired) electrons. The maximum Gasteiger partial charge on any atom is 0.306 e. The van der Waals surface area contributed by atoms with E-state index < -0.39 is 5.97 Å². The Morgan fingerprint density at radius 1 is 1.35 bits per heavy atom. The van der Waals surface area contributed by atoms with E-state index in [4.69, 9.17) is 5.11 Å². The van der Waals surface area contributed by atoms with Crippen molar-refractivity contribution in [1.82, 2.24) is 5.32 Å². The molecule has 1 aromatic rings. The first-order valence-electron chi connectivity index (χ1n) is 6.98. The van der Waals surface area contributed by atoms with Gasteiger partial charge in [0.05, 0.1) is 5.92 Å². The van der Waals surface area contributed by atoms with Crippen LogP contribution in [0.15, 0.2) is 18.2 Å². The van der Waals surface area contributed by atoms with Crippen molar-refractivity contribution >= 4 is 5.97 Å². The lowest BCUT2D eigenvalue weighted by Gasteiger charge is -2.30. The van der Waals surface area contributed by atoms with Crippen LogP contribution in [-0.2, 0) is 4.79 Å². The molecule has 3 atom stereocenters. The van der Waals surface area contributed by atoms with Crippen LogP contribution in [0.1, 0.15) is 44.2 Å². The standard InChI is InChI=1S/C15H21NO4/c1-9(13-8-12(17)5-6-14(13)18)16-11-4-2-3-10(7-11)15(19)20/h5-6,8-11,16-18H,2-4,7H2,1H3,(H,19,20). The lowest BCUT2D eigenvalue weighted by Crippen LogP contribution is -2.37. The van der Waals surface area contributed by atoms with Gasteiger partial charge in [-0.05, 0) is 44.4 Å². The average Bonchev–Trinajstić information content (AvgIpc) is 2.41. The van der Waals surface area contributed by atoms with Crippen LogP contribution in [-0.4, -0.2) is 27.3 Å². The summed E-state index contributed by atoms with van der Waals surface area (Å²) in [5, 5.41) is 31.8. The molecule has 0 bridgehead atoms. The first kappa shape index (κ1) is 14.7. The number of benzene rings is 1. The summed E-state index contributed by atoms with van der Waals surface area (Å²) < 4.78 is 0. The van der Waals surface area contributed by atoms with E-state index in [1.807, 2.05) is 6.92 Å². The van der Waals surface area contributed by atoms with E-state index in [9.17, 15) is 15.0 Å². The van der Waals surface area contributed by atoms with E-state index in [0.717, 1.165) is 19.3 Å². The van der Waals surface area contributed by atoms with Gasteiger partial charge in [0.25, 0.3) is 0 Å². The first-order chi connectivity index (χ1) is 9.47. The lowest BCUT2D eigenvalue weighted by atomic mass is 9.85. The average molecular weight is 279 g/mol. The van der Waals surface area contributed by atoms with E-state index in [1.165, 1.54) is 18.2 Å². The molecule has 0 aliphatic heterocycles. The normalized spacial score (nSPS) is 24.2. The Morgan fingerprint density at radius 3 is 2.80 bits per heavy atom. The number of phenols is 2. The van der Waals surface area contributed by atoms with Crippen LogP contribution >= 0.6 is 0 Å². The molecule has 20 heavy (non-hydrogen) atoms. The molecular formula is C15H21NO4. The predicted octanol–water partition coefficient (Wildman–Crippen LogP) is 2.39. The van der Waals surface area contributed by atoms with Crippen LogP contribution in [0.4, 0.5) is 0 Å². The molecule has 5 heteroatoms. The molecule has 1 fully saturated rings. The predicted molar refractivity (Wildman–Crippen MR) is 74.7 cm³/mol. The molecule has 0 spiro atoms. The Bertz CT molecular complexity index is 489. The third-order valence-electron chi connectivity index (χ3n) is 3.99.